The Bertz CT molecular complexity index is 980. The van der Waals surface area contributed by atoms with E-state index in [-0.39, 0.29) is 23.6 Å². The minimum absolute atomic E-state index is 0.133. The lowest BCUT2D eigenvalue weighted by Gasteiger charge is -2.35. The van der Waals surface area contributed by atoms with Gasteiger partial charge in [0.2, 0.25) is 17.7 Å². The number of para-hydroxylation sites is 1. The van der Waals surface area contributed by atoms with Crippen molar-refractivity contribution in [3.63, 3.8) is 0 Å². The molecule has 0 radical (unpaired) electrons. The molecule has 2 unspecified atom stereocenters. The van der Waals surface area contributed by atoms with Crippen LogP contribution in [0.4, 0.5) is 11.4 Å². The van der Waals surface area contributed by atoms with Crippen LogP contribution in [0.5, 0.6) is 5.75 Å². The standard InChI is InChI=1S/C22H23N3O4S/c1-29-16-8-4-7-15(12-16)23-20(26)14-6-5-11-25(13-14)22(28)19-21(27)24-17-9-2-3-10-18(17)30-19/h2-4,7-10,12,14,19H,5-6,11,13H2,1H3,(H,23,26)(H,24,27). The summed E-state index contributed by atoms with van der Waals surface area (Å²) in [6, 6.07) is 14.6. The number of benzene rings is 2. The smallest absolute Gasteiger partial charge is 0.247 e. The van der Waals surface area contributed by atoms with Gasteiger partial charge in [-0.2, -0.15) is 0 Å². The minimum atomic E-state index is -0.833. The third-order valence-corrected chi connectivity index (χ3v) is 6.55. The van der Waals surface area contributed by atoms with E-state index in [1.807, 2.05) is 36.4 Å². The van der Waals surface area contributed by atoms with E-state index in [2.05, 4.69) is 10.6 Å². The Morgan fingerprint density at radius 3 is 2.87 bits per heavy atom. The first-order chi connectivity index (χ1) is 14.5. The number of piperidine rings is 1. The normalized spacial score (nSPS) is 20.7. The van der Waals surface area contributed by atoms with Gasteiger partial charge in [-0.15, -0.1) is 11.8 Å². The number of hydrogen-bond donors (Lipinski definition) is 2. The van der Waals surface area contributed by atoms with Gasteiger partial charge in [0.15, 0.2) is 5.25 Å². The summed E-state index contributed by atoms with van der Waals surface area (Å²) in [4.78, 5) is 40.9. The molecular weight excluding hydrogens is 402 g/mol. The molecule has 1 saturated heterocycles. The molecular formula is C22H23N3O4S. The Kier molecular flexibility index (Phi) is 5.94. The van der Waals surface area contributed by atoms with Crippen LogP contribution in [0.15, 0.2) is 53.4 Å². The molecule has 2 atom stereocenters. The molecule has 0 saturated carbocycles. The number of nitrogens with zero attached hydrogens (tertiary/aromatic N) is 1. The van der Waals surface area contributed by atoms with Gasteiger partial charge in [-0.05, 0) is 37.1 Å². The summed E-state index contributed by atoms with van der Waals surface area (Å²) in [5.41, 5.74) is 1.38. The Morgan fingerprint density at radius 2 is 2.03 bits per heavy atom. The van der Waals surface area contributed by atoms with Crippen molar-refractivity contribution in [3.05, 3.63) is 48.5 Å². The summed E-state index contributed by atoms with van der Waals surface area (Å²) in [5, 5.41) is 4.88. The van der Waals surface area contributed by atoms with Crippen molar-refractivity contribution in [1.29, 1.82) is 0 Å². The number of carbonyl (C=O) groups is 3. The number of hydrogen-bond acceptors (Lipinski definition) is 5. The predicted molar refractivity (Wildman–Crippen MR) is 116 cm³/mol. The number of likely N-dealkylation sites (tertiary alicyclic amines) is 1. The average molecular weight is 426 g/mol. The molecule has 30 heavy (non-hydrogen) atoms. The second kappa shape index (κ2) is 8.79. The fourth-order valence-electron chi connectivity index (χ4n) is 3.72. The lowest BCUT2D eigenvalue weighted by atomic mass is 9.96. The van der Waals surface area contributed by atoms with E-state index >= 15 is 0 Å². The zero-order valence-electron chi connectivity index (χ0n) is 16.6. The van der Waals surface area contributed by atoms with Crippen LogP contribution in [0.2, 0.25) is 0 Å². The van der Waals surface area contributed by atoms with Crippen LogP contribution in [0.3, 0.4) is 0 Å². The van der Waals surface area contributed by atoms with Crippen LogP contribution in [-0.4, -0.2) is 48.1 Å². The number of ether oxygens (including phenoxy) is 1. The maximum absolute atomic E-state index is 13.1. The highest BCUT2D eigenvalue weighted by Gasteiger charge is 2.38. The van der Waals surface area contributed by atoms with E-state index in [9.17, 15) is 14.4 Å². The summed E-state index contributed by atoms with van der Waals surface area (Å²) >= 11 is 1.27. The molecule has 0 aliphatic carbocycles. The lowest BCUT2D eigenvalue weighted by molar-refractivity contribution is -0.136. The Morgan fingerprint density at radius 1 is 1.20 bits per heavy atom. The van der Waals surface area contributed by atoms with Gasteiger partial charge in [0.1, 0.15) is 5.75 Å². The molecule has 4 rings (SSSR count). The molecule has 2 heterocycles. The summed E-state index contributed by atoms with van der Waals surface area (Å²) in [6.07, 6.45) is 1.42. The van der Waals surface area contributed by atoms with Crippen LogP contribution in [0.25, 0.3) is 0 Å². The minimum Gasteiger partial charge on any atom is -0.497 e. The predicted octanol–water partition coefficient (Wildman–Crippen LogP) is 2.99. The molecule has 156 valence electrons. The Balaban J connectivity index is 1.41. The number of carbonyl (C=O) groups excluding carboxylic acids is 3. The van der Waals surface area contributed by atoms with Crippen LogP contribution in [0.1, 0.15) is 12.8 Å². The van der Waals surface area contributed by atoms with E-state index in [4.69, 9.17) is 4.74 Å². The zero-order chi connectivity index (χ0) is 21.1. The average Bonchev–Trinajstić information content (AvgIpc) is 2.78. The first-order valence-electron chi connectivity index (χ1n) is 9.85. The summed E-state index contributed by atoms with van der Waals surface area (Å²) in [6.45, 7) is 0.856. The van der Waals surface area contributed by atoms with E-state index in [1.165, 1.54) is 11.8 Å². The molecule has 7 nitrogen and oxygen atoms in total. The Labute approximate surface area is 179 Å². The number of fused-ring (bicyclic) bond motifs is 1. The van der Waals surface area contributed by atoms with E-state index in [1.54, 1.807) is 24.1 Å². The van der Waals surface area contributed by atoms with Crippen LogP contribution in [-0.2, 0) is 14.4 Å². The molecule has 2 aromatic carbocycles. The SMILES string of the molecule is COc1cccc(NC(=O)C2CCCN(C(=O)C3Sc4ccccc4NC3=O)C2)c1. The first kappa shape index (κ1) is 20.3. The number of thioether (sulfide) groups is 1. The molecule has 2 aromatic rings. The monoisotopic (exact) mass is 425 g/mol. The van der Waals surface area contributed by atoms with Crippen molar-refractivity contribution in [3.8, 4) is 5.75 Å². The third kappa shape index (κ3) is 4.28. The van der Waals surface area contributed by atoms with Crippen molar-refractivity contribution in [1.82, 2.24) is 4.90 Å². The molecule has 1 fully saturated rings. The van der Waals surface area contributed by atoms with E-state index < -0.39 is 5.25 Å². The molecule has 0 spiro atoms. The van der Waals surface area contributed by atoms with Crippen LogP contribution < -0.4 is 15.4 Å². The van der Waals surface area contributed by atoms with Crippen LogP contribution in [0, 0.1) is 5.92 Å². The van der Waals surface area contributed by atoms with Gasteiger partial charge in [0.05, 0.1) is 18.7 Å². The van der Waals surface area contributed by atoms with Gasteiger partial charge in [-0.1, -0.05) is 18.2 Å². The van der Waals surface area contributed by atoms with Gasteiger partial charge < -0.3 is 20.3 Å². The number of nitrogens with one attached hydrogen (secondary N) is 2. The van der Waals surface area contributed by atoms with Gasteiger partial charge in [0.25, 0.3) is 0 Å². The summed E-state index contributed by atoms with van der Waals surface area (Å²) in [7, 11) is 1.57. The summed E-state index contributed by atoms with van der Waals surface area (Å²) < 4.78 is 5.19. The fraction of sp³-hybridized carbons (Fsp3) is 0.318. The van der Waals surface area contributed by atoms with Gasteiger partial charge in [-0.3, -0.25) is 14.4 Å². The first-order valence-corrected chi connectivity index (χ1v) is 10.7. The second-order valence-electron chi connectivity index (χ2n) is 7.33. The molecule has 8 heteroatoms. The molecule has 3 amide bonds. The van der Waals surface area contributed by atoms with E-state index in [0.717, 1.165) is 17.0 Å². The highest BCUT2D eigenvalue weighted by Crippen LogP contribution is 2.36. The lowest BCUT2D eigenvalue weighted by Crippen LogP contribution is -2.50. The summed E-state index contributed by atoms with van der Waals surface area (Å²) in [5.74, 6) is -0.351. The van der Waals surface area contributed by atoms with Gasteiger partial charge >= 0.3 is 0 Å². The van der Waals surface area contributed by atoms with E-state index in [0.29, 0.717) is 30.9 Å². The second-order valence-corrected chi connectivity index (χ2v) is 8.47. The topological polar surface area (TPSA) is 87.7 Å². The van der Waals surface area contributed by atoms with Crippen molar-refractivity contribution in [2.45, 2.75) is 23.0 Å². The molecule has 2 aliphatic rings. The van der Waals surface area contributed by atoms with Crippen molar-refractivity contribution in [2.24, 2.45) is 5.92 Å². The van der Waals surface area contributed by atoms with Gasteiger partial charge in [0, 0.05) is 29.7 Å². The third-order valence-electron chi connectivity index (χ3n) is 5.29. The number of rotatable bonds is 4. The van der Waals surface area contributed by atoms with Crippen molar-refractivity contribution in [2.75, 3.05) is 30.8 Å². The van der Waals surface area contributed by atoms with Crippen molar-refractivity contribution >= 4 is 40.9 Å². The number of methoxy groups -OCH3 is 1. The quantitative estimate of drug-likeness (QED) is 0.736. The fourth-order valence-corrected chi connectivity index (χ4v) is 4.79. The zero-order valence-corrected chi connectivity index (χ0v) is 17.4. The van der Waals surface area contributed by atoms with Crippen LogP contribution >= 0.6 is 11.8 Å². The molecule has 2 aliphatic heterocycles. The molecule has 0 aromatic heterocycles. The Hall–Kier alpha value is -3.00. The maximum Gasteiger partial charge on any atom is 0.247 e. The highest BCUT2D eigenvalue weighted by atomic mass is 32.2. The highest BCUT2D eigenvalue weighted by molar-refractivity contribution is 8.01. The molecule has 0 bridgehead atoms. The largest absolute Gasteiger partial charge is 0.497 e. The number of amides is 3. The maximum atomic E-state index is 13.1. The molecule has 2 N–H and O–H groups in total. The number of anilines is 2. The van der Waals surface area contributed by atoms with Crippen molar-refractivity contribution < 1.29 is 19.1 Å². The van der Waals surface area contributed by atoms with Gasteiger partial charge in [-0.25, -0.2) is 0 Å².